The summed E-state index contributed by atoms with van der Waals surface area (Å²) in [6.45, 7) is 4.53. The summed E-state index contributed by atoms with van der Waals surface area (Å²) in [7, 11) is 0. The van der Waals surface area contributed by atoms with E-state index in [9.17, 15) is 9.59 Å². The van der Waals surface area contributed by atoms with Crippen molar-refractivity contribution in [1.82, 2.24) is 0 Å². The maximum atomic E-state index is 12.4. The van der Waals surface area contributed by atoms with Gasteiger partial charge in [-0.3, -0.25) is 9.59 Å². The maximum Gasteiger partial charge on any atom is 0.306 e. The molecule has 236 valence electrons. The van der Waals surface area contributed by atoms with Gasteiger partial charge in [-0.1, -0.05) is 148 Å². The molecule has 1 atom stereocenters. The summed E-state index contributed by atoms with van der Waals surface area (Å²) in [6, 6.07) is 0. The van der Waals surface area contributed by atoms with Crippen LogP contribution in [0.2, 0.25) is 0 Å². The van der Waals surface area contributed by atoms with Crippen molar-refractivity contribution in [3.63, 3.8) is 0 Å². The van der Waals surface area contributed by atoms with E-state index in [-0.39, 0.29) is 18.5 Å². The SMILES string of the molecule is CCCCCCCC/C=C\CCCCCCCC(=O)OC(CCCCCCCCCCCCCC)CCC(=O)O. The minimum Gasteiger partial charge on any atom is -0.481 e. The average Bonchev–Trinajstić information content (AvgIpc) is 2.94. The monoisotopic (exact) mass is 565 g/mol. The molecular weight excluding hydrogens is 496 g/mol. The number of hydrogen-bond donors (Lipinski definition) is 1. The standard InChI is InChI=1S/C36H68O4/c1-3-5-7-9-11-13-15-17-18-19-21-23-25-27-29-31-36(39)40-34(32-33-35(37)38)30-28-26-24-22-20-16-14-12-10-8-6-4-2/h17-18,34H,3-16,19-33H2,1-2H3,(H,37,38)/b18-17-. The Bertz CT molecular complexity index is 571. The third-order valence-corrected chi connectivity index (χ3v) is 8.00. The molecule has 0 aromatic rings. The third-order valence-electron chi connectivity index (χ3n) is 8.00. The van der Waals surface area contributed by atoms with E-state index < -0.39 is 5.97 Å². The fourth-order valence-corrected chi connectivity index (χ4v) is 5.34. The molecule has 0 aliphatic rings. The number of esters is 1. The number of hydrogen-bond acceptors (Lipinski definition) is 3. The van der Waals surface area contributed by atoms with Crippen LogP contribution in [0, 0.1) is 0 Å². The van der Waals surface area contributed by atoms with E-state index in [1.807, 2.05) is 0 Å². The molecule has 0 saturated heterocycles. The minimum absolute atomic E-state index is 0.0730. The zero-order valence-corrected chi connectivity index (χ0v) is 26.9. The average molecular weight is 565 g/mol. The number of ether oxygens (including phenoxy) is 1. The summed E-state index contributed by atoms with van der Waals surface area (Å²) in [5, 5.41) is 9.08. The largest absolute Gasteiger partial charge is 0.481 e. The van der Waals surface area contributed by atoms with Crippen molar-refractivity contribution in [3.05, 3.63) is 12.2 Å². The molecule has 40 heavy (non-hydrogen) atoms. The number of aliphatic carboxylic acids is 1. The lowest BCUT2D eigenvalue weighted by Crippen LogP contribution is -2.19. The molecule has 0 aliphatic carbocycles. The second-order valence-corrected chi connectivity index (χ2v) is 12.1. The first-order valence-electron chi connectivity index (χ1n) is 17.7. The van der Waals surface area contributed by atoms with Gasteiger partial charge in [0.2, 0.25) is 0 Å². The van der Waals surface area contributed by atoms with Crippen LogP contribution in [0.1, 0.15) is 200 Å². The van der Waals surface area contributed by atoms with E-state index >= 15 is 0 Å². The van der Waals surface area contributed by atoms with Crippen LogP contribution < -0.4 is 0 Å². The van der Waals surface area contributed by atoms with Crippen LogP contribution in [0.3, 0.4) is 0 Å². The van der Waals surface area contributed by atoms with Crippen molar-refractivity contribution < 1.29 is 19.4 Å². The first kappa shape index (κ1) is 38.7. The van der Waals surface area contributed by atoms with Crippen LogP contribution >= 0.6 is 0 Å². The molecule has 0 heterocycles. The molecule has 0 aromatic heterocycles. The molecule has 0 radical (unpaired) electrons. The number of rotatable bonds is 32. The van der Waals surface area contributed by atoms with Crippen LogP contribution in [0.5, 0.6) is 0 Å². The molecule has 1 unspecified atom stereocenters. The number of carbonyl (C=O) groups is 2. The summed E-state index contributed by atoms with van der Waals surface area (Å²) >= 11 is 0. The van der Waals surface area contributed by atoms with Crippen molar-refractivity contribution in [3.8, 4) is 0 Å². The highest BCUT2D eigenvalue weighted by atomic mass is 16.5. The second-order valence-electron chi connectivity index (χ2n) is 12.1. The first-order valence-corrected chi connectivity index (χ1v) is 17.7. The van der Waals surface area contributed by atoms with Gasteiger partial charge in [0, 0.05) is 12.8 Å². The van der Waals surface area contributed by atoms with Crippen LogP contribution in [-0.2, 0) is 14.3 Å². The molecule has 0 saturated carbocycles. The van der Waals surface area contributed by atoms with Gasteiger partial charge in [-0.25, -0.2) is 0 Å². The molecule has 0 spiro atoms. The molecule has 0 aliphatic heterocycles. The molecule has 0 rings (SSSR count). The van der Waals surface area contributed by atoms with Crippen LogP contribution in [-0.4, -0.2) is 23.1 Å². The Kier molecular flexibility index (Phi) is 31.1. The topological polar surface area (TPSA) is 63.6 Å². The molecular formula is C36H68O4. The molecule has 0 amide bonds. The Labute approximate surface area is 249 Å². The zero-order valence-electron chi connectivity index (χ0n) is 26.9. The van der Waals surface area contributed by atoms with Gasteiger partial charge in [0.1, 0.15) is 6.10 Å². The Balaban J connectivity index is 3.76. The summed E-state index contributed by atoms with van der Waals surface area (Å²) in [6.07, 6.45) is 37.9. The summed E-state index contributed by atoms with van der Waals surface area (Å²) in [5.41, 5.74) is 0. The highest BCUT2D eigenvalue weighted by Gasteiger charge is 2.15. The molecule has 1 N–H and O–H groups in total. The fourth-order valence-electron chi connectivity index (χ4n) is 5.34. The number of allylic oxidation sites excluding steroid dienone is 2. The van der Waals surface area contributed by atoms with Crippen molar-refractivity contribution in [2.45, 2.75) is 206 Å². The van der Waals surface area contributed by atoms with Crippen molar-refractivity contribution >= 4 is 11.9 Å². The summed E-state index contributed by atoms with van der Waals surface area (Å²) < 4.78 is 5.71. The minimum atomic E-state index is -0.812. The highest BCUT2D eigenvalue weighted by Crippen LogP contribution is 2.17. The van der Waals surface area contributed by atoms with Crippen molar-refractivity contribution in [2.75, 3.05) is 0 Å². The van der Waals surface area contributed by atoms with Crippen molar-refractivity contribution in [2.24, 2.45) is 0 Å². The number of carbonyl (C=O) groups excluding carboxylic acids is 1. The van der Waals surface area contributed by atoms with Gasteiger partial charge < -0.3 is 9.84 Å². The molecule has 4 nitrogen and oxygen atoms in total. The number of carboxylic acid groups (broad SMARTS) is 1. The van der Waals surface area contributed by atoms with Crippen LogP contribution in [0.15, 0.2) is 12.2 Å². The summed E-state index contributed by atoms with van der Waals surface area (Å²) in [5.74, 6) is -0.958. The lowest BCUT2D eigenvalue weighted by atomic mass is 10.0. The van der Waals surface area contributed by atoms with Gasteiger partial charge in [0.05, 0.1) is 0 Å². The fraction of sp³-hybridized carbons (Fsp3) is 0.889. The van der Waals surface area contributed by atoms with E-state index in [1.54, 1.807) is 0 Å². The van der Waals surface area contributed by atoms with E-state index in [4.69, 9.17) is 9.84 Å². The molecule has 0 bridgehead atoms. The normalized spacial score (nSPS) is 12.2. The van der Waals surface area contributed by atoms with Gasteiger partial charge in [-0.2, -0.15) is 0 Å². The number of unbranched alkanes of at least 4 members (excludes halogenated alkanes) is 22. The zero-order chi connectivity index (χ0) is 29.4. The van der Waals surface area contributed by atoms with E-state index in [0.717, 1.165) is 32.1 Å². The van der Waals surface area contributed by atoms with Crippen LogP contribution in [0.4, 0.5) is 0 Å². The molecule has 0 aromatic carbocycles. The van der Waals surface area contributed by atoms with Gasteiger partial charge in [0.15, 0.2) is 0 Å². The first-order chi connectivity index (χ1) is 19.6. The number of carboxylic acids is 1. The Morgan fingerprint density at radius 2 is 0.925 bits per heavy atom. The Morgan fingerprint density at radius 3 is 1.38 bits per heavy atom. The van der Waals surface area contributed by atoms with Gasteiger partial charge in [-0.05, 0) is 51.4 Å². The van der Waals surface area contributed by atoms with E-state index in [1.165, 1.54) is 135 Å². The lowest BCUT2D eigenvalue weighted by molar-refractivity contribution is -0.151. The quantitative estimate of drug-likeness (QED) is 0.0501. The maximum absolute atomic E-state index is 12.4. The Hall–Kier alpha value is -1.32. The van der Waals surface area contributed by atoms with Gasteiger partial charge >= 0.3 is 11.9 Å². The van der Waals surface area contributed by atoms with E-state index in [2.05, 4.69) is 26.0 Å². The van der Waals surface area contributed by atoms with Gasteiger partial charge in [0.25, 0.3) is 0 Å². The highest BCUT2D eigenvalue weighted by molar-refractivity contribution is 5.69. The van der Waals surface area contributed by atoms with E-state index in [0.29, 0.717) is 12.8 Å². The smallest absolute Gasteiger partial charge is 0.306 e. The third kappa shape index (κ3) is 31.2. The predicted octanol–water partition coefficient (Wildman–Crippen LogP) is 11.9. The second kappa shape index (κ2) is 32.2. The lowest BCUT2D eigenvalue weighted by Gasteiger charge is -2.17. The molecule has 4 heteroatoms. The predicted molar refractivity (Wildman–Crippen MR) is 172 cm³/mol. The van der Waals surface area contributed by atoms with Gasteiger partial charge in [-0.15, -0.1) is 0 Å². The van der Waals surface area contributed by atoms with Crippen molar-refractivity contribution in [1.29, 1.82) is 0 Å². The molecule has 0 fully saturated rings. The summed E-state index contributed by atoms with van der Waals surface area (Å²) in [4.78, 5) is 23.4. The Morgan fingerprint density at radius 1 is 0.525 bits per heavy atom. The van der Waals surface area contributed by atoms with Crippen LogP contribution in [0.25, 0.3) is 0 Å².